The number of halogens is 1. The first-order valence-corrected chi connectivity index (χ1v) is 10.5. The Balaban J connectivity index is 1.39. The Morgan fingerprint density at radius 3 is 2.56 bits per heavy atom. The normalized spacial score (nSPS) is 11.0. The number of hydrogen-bond donors (Lipinski definition) is 1. The largest absolute Gasteiger partial charge is 0.454 e. The van der Waals surface area contributed by atoms with Crippen molar-refractivity contribution in [2.75, 3.05) is 11.9 Å². The summed E-state index contributed by atoms with van der Waals surface area (Å²) in [6.45, 7) is 5.23. The third kappa shape index (κ3) is 4.38. The van der Waals surface area contributed by atoms with E-state index in [0.717, 1.165) is 28.0 Å². The van der Waals surface area contributed by atoms with Crippen molar-refractivity contribution in [3.63, 3.8) is 0 Å². The molecule has 0 radical (unpaired) electrons. The van der Waals surface area contributed by atoms with Crippen molar-refractivity contribution in [1.82, 2.24) is 14.3 Å². The minimum atomic E-state index is -0.496. The van der Waals surface area contributed by atoms with E-state index in [0.29, 0.717) is 16.4 Å². The van der Waals surface area contributed by atoms with Gasteiger partial charge in [0.05, 0.1) is 22.8 Å². The third-order valence-electron chi connectivity index (χ3n) is 5.28. The predicted molar refractivity (Wildman–Crippen MR) is 124 cm³/mol. The Morgan fingerprint density at radius 2 is 1.81 bits per heavy atom. The first-order chi connectivity index (χ1) is 15.3. The number of para-hydroxylation sites is 1. The van der Waals surface area contributed by atoms with Crippen LogP contribution in [0.5, 0.6) is 0 Å². The van der Waals surface area contributed by atoms with E-state index in [4.69, 9.17) is 16.3 Å². The van der Waals surface area contributed by atoms with Crippen LogP contribution >= 0.6 is 11.6 Å². The van der Waals surface area contributed by atoms with Crippen LogP contribution in [0.4, 0.5) is 5.69 Å². The number of amides is 1. The zero-order chi connectivity index (χ0) is 22.8. The van der Waals surface area contributed by atoms with Crippen molar-refractivity contribution < 1.29 is 14.3 Å². The molecule has 4 aromatic rings. The van der Waals surface area contributed by atoms with Crippen LogP contribution < -0.4 is 5.32 Å². The first-order valence-electron chi connectivity index (χ1n) is 10.2. The molecule has 32 heavy (non-hydrogen) atoms. The van der Waals surface area contributed by atoms with Gasteiger partial charge in [0.1, 0.15) is 6.54 Å². The molecule has 0 atom stereocenters. The van der Waals surface area contributed by atoms with E-state index < -0.39 is 11.9 Å². The van der Waals surface area contributed by atoms with E-state index in [9.17, 15) is 9.59 Å². The van der Waals surface area contributed by atoms with Crippen molar-refractivity contribution in [3.8, 4) is 5.69 Å². The second-order valence-corrected chi connectivity index (χ2v) is 8.01. The quantitative estimate of drug-likeness (QED) is 0.436. The van der Waals surface area contributed by atoms with Crippen LogP contribution in [0.3, 0.4) is 0 Å². The summed E-state index contributed by atoms with van der Waals surface area (Å²) in [5.74, 6) is -0.915. The third-order valence-corrected chi connectivity index (χ3v) is 5.51. The Hall–Kier alpha value is -3.58. The van der Waals surface area contributed by atoms with Gasteiger partial charge in [0.15, 0.2) is 6.61 Å². The molecule has 0 spiro atoms. The molecule has 0 aliphatic carbocycles. The minimum Gasteiger partial charge on any atom is -0.454 e. The molecular weight excluding hydrogens is 428 g/mol. The Kier molecular flexibility index (Phi) is 6.01. The van der Waals surface area contributed by atoms with Crippen LogP contribution in [-0.4, -0.2) is 32.8 Å². The van der Waals surface area contributed by atoms with E-state index in [1.54, 1.807) is 10.7 Å². The summed E-state index contributed by atoms with van der Waals surface area (Å²) in [7, 11) is 0. The fraction of sp³-hybridized carbons (Fsp3) is 0.208. The number of anilines is 1. The van der Waals surface area contributed by atoms with E-state index in [1.807, 2.05) is 73.9 Å². The number of fused-ring (bicyclic) bond motifs is 1. The molecule has 0 unspecified atom stereocenters. The molecule has 0 aliphatic heterocycles. The average molecular weight is 451 g/mol. The van der Waals surface area contributed by atoms with Gasteiger partial charge in [0.2, 0.25) is 0 Å². The Bertz CT molecular complexity index is 1310. The summed E-state index contributed by atoms with van der Waals surface area (Å²) in [6.07, 6.45) is 0. The van der Waals surface area contributed by atoms with Crippen LogP contribution in [0.2, 0.25) is 5.02 Å². The highest BCUT2D eigenvalue weighted by Crippen LogP contribution is 2.24. The smallest absolute Gasteiger partial charge is 0.326 e. The van der Waals surface area contributed by atoms with E-state index >= 15 is 0 Å². The van der Waals surface area contributed by atoms with Gasteiger partial charge in [0, 0.05) is 21.6 Å². The van der Waals surface area contributed by atoms with E-state index in [-0.39, 0.29) is 13.2 Å². The molecule has 164 valence electrons. The summed E-state index contributed by atoms with van der Waals surface area (Å²) < 4.78 is 8.83. The van der Waals surface area contributed by atoms with E-state index in [2.05, 4.69) is 10.4 Å². The SMILES string of the molecule is Cc1nn(-c2ccccc2)c(C)c1NC(=O)COC(=O)Cn1c(C)cc2cc(Cl)ccc21. The summed E-state index contributed by atoms with van der Waals surface area (Å²) in [6, 6.07) is 17.1. The van der Waals surface area contributed by atoms with Gasteiger partial charge in [-0.05, 0) is 57.2 Å². The van der Waals surface area contributed by atoms with Crippen LogP contribution in [0.15, 0.2) is 54.6 Å². The summed E-state index contributed by atoms with van der Waals surface area (Å²) in [4.78, 5) is 24.8. The predicted octanol–water partition coefficient (Wildman–Crippen LogP) is 4.59. The average Bonchev–Trinajstić information content (AvgIpc) is 3.22. The molecule has 1 N–H and O–H groups in total. The monoisotopic (exact) mass is 450 g/mol. The molecule has 0 saturated heterocycles. The molecule has 1 amide bonds. The maximum Gasteiger partial charge on any atom is 0.326 e. The van der Waals surface area contributed by atoms with Crippen molar-refractivity contribution in [2.24, 2.45) is 0 Å². The number of aromatic nitrogens is 3. The number of hydrogen-bond acceptors (Lipinski definition) is 4. The fourth-order valence-corrected chi connectivity index (χ4v) is 3.91. The van der Waals surface area contributed by atoms with Crippen molar-refractivity contribution in [1.29, 1.82) is 0 Å². The molecule has 2 aromatic carbocycles. The molecule has 0 aliphatic rings. The summed E-state index contributed by atoms with van der Waals surface area (Å²) >= 11 is 6.04. The Morgan fingerprint density at radius 1 is 1.06 bits per heavy atom. The van der Waals surface area contributed by atoms with Crippen molar-refractivity contribution >= 4 is 40.1 Å². The summed E-state index contributed by atoms with van der Waals surface area (Å²) in [5.41, 5.74) is 4.77. The van der Waals surface area contributed by atoms with Gasteiger partial charge in [0.25, 0.3) is 5.91 Å². The molecule has 0 bridgehead atoms. The maximum atomic E-state index is 12.4. The highest BCUT2D eigenvalue weighted by Gasteiger charge is 2.17. The Labute approximate surface area is 190 Å². The molecule has 7 nitrogen and oxygen atoms in total. The molecular formula is C24H23ClN4O3. The number of carbonyl (C=O) groups excluding carboxylic acids is 2. The molecule has 2 aromatic heterocycles. The van der Waals surface area contributed by atoms with Gasteiger partial charge < -0.3 is 14.6 Å². The number of carbonyl (C=O) groups is 2. The molecule has 2 heterocycles. The van der Waals surface area contributed by atoms with Gasteiger partial charge in [-0.2, -0.15) is 5.10 Å². The standard InChI is InChI=1S/C24H23ClN4O3/c1-15-11-18-12-19(25)9-10-21(18)28(15)13-23(31)32-14-22(30)26-24-16(2)27-29(17(24)3)20-7-5-4-6-8-20/h4-12H,13-14H2,1-3H3,(H,26,30). The lowest BCUT2D eigenvalue weighted by Crippen LogP contribution is -2.23. The zero-order valence-electron chi connectivity index (χ0n) is 18.1. The van der Waals surface area contributed by atoms with Crippen LogP contribution in [0.25, 0.3) is 16.6 Å². The highest BCUT2D eigenvalue weighted by molar-refractivity contribution is 6.31. The molecule has 0 saturated carbocycles. The first kappa shape index (κ1) is 21.6. The van der Waals surface area contributed by atoms with Crippen LogP contribution in [-0.2, 0) is 20.9 Å². The number of esters is 1. The molecule has 8 heteroatoms. The number of rotatable bonds is 6. The van der Waals surface area contributed by atoms with Crippen LogP contribution in [0.1, 0.15) is 17.1 Å². The number of nitrogens with one attached hydrogen (secondary N) is 1. The van der Waals surface area contributed by atoms with Crippen LogP contribution in [0, 0.1) is 20.8 Å². The van der Waals surface area contributed by atoms with Crippen molar-refractivity contribution in [2.45, 2.75) is 27.3 Å². The second-order valence-electron chi connectivity index (χ2n) is 7.58. The topological polar surface area (TPSA) is 78.2 Å². The lowest BCUT2D eigenvalue weighted by molar-refractivity contribution is -0.147. The van der Waals surface area contributed by atoms with Gasteiger partial charge in [-0.25, -0.2) is 4.68 Å². The lowest BCUT2D eigenvalue weighted by Gasteiger charge is -2.10. The lowest BCUT2D eigenvalue weighted by atomic mass is 10.2. The molecule has 0 fully saturated rings. The number of nitrogens with zero attached hydrogens (tertiary/aromatic N) is 3. The number of ether oxygens (including phenoxy) is 1. The number of aryl methyl sites for hydroxylation is 2. The molecule has 4 rings (SSSR count). The minimum absolute atomic E-state index is 0.00818. The summed E-state index contributed by atoms with van der Waals surface area (Å²) in [5, 5.41) is 8.89. The maximum absolute atomic E-state index is 12.4. The second kappa shape index (κ2) is 8.88. The number of benzene rings is 2. The zero-order valence-corrected chi connectivity index (χ0v) is 18.8. The van der Waals surface area contributed by atoms with Gasteiger partial charge in [-0.15, -0.1) is 0 Å². The van der Waals surface area contributed by atoms with Gasteiger partial charge in [-0.3, -0.25) is 9.59 Å². The van der Waals surface area contributed by atoms with Gasteiger partial charge >= 0.3 is 5.97 Å². The highest BCUT2D eigenvalue weighted by atomic mass is 35.5. The van der Waals surface area contributed by atoms with Crippen molar-refractivity contribution in [3.05, 3.63) is 76.7 Å². The fourth-order valence-electron chi connectivity index (χ4n) is 3.73. The van der Waals surface area contributed by atoms with E-state index in [1.165, 1.54) is 0 Å². The van der Waals surface area contributed by atoms with Gasteiger partial charge in [-0.1, -0.05) is 29.8 Å².